The predicted octanol–water partition coefficient (Wildman–Crippen LogP) is 3.05. The summed E-state index contributed by atoms with van der Waals surface area (Å²) in [4.78, 5) is 20.6. The highest BCUT2D eigenvalue weighted by Crippen LogP contribution is 2.36. The van der Waals surface area contributed by atoms with E-state index in [1.54, 1.807) is 6.33 Å². The van der Waals surface area contributed by atoms with Crippen LogP contribution >= 0.6 is 0 Å². The number of nitrogens with zero attached hydrogens (tertiary/aromatic N) is 6. The number of fused-ring (bicyclic) bond motifs is 1. The third-order valence-corrected chi connectivity index (χ3v) is 6.10. The lowest BCUT2D eigenvalue weighted by molar-refractivity contribution is 0.400. The lowest BCUT2D eigenvalue weighted by atomic mass is 9.90. The van der Waals surface area contributed by atoms with Gasteiger partial charge in [-0.2, -0.15) is 4.98 Å². The van der Waals surface area contributed by atoms with Gasteiger partial charge in [0.2, 0.25) is 5.95 Å². The van der Waals surface area contributed by atoms with Gasteiger partial charge in [0.1, 0.15) is 11.2 Å². The Kier molecular flexibility index (Phi) is 4.89. The van der Waals surface area contributed by atoms with E-state index in [1.165, 1.54) is 5.56 Å². The van der Waals surface area contributed by atoms with Gasteiger partial charge in [-0.05, 0) is 55.0 Å². The lowest BCUT2D eigenvalue weighted by Crippen LogP contribution is -2.35. The first-order valence-electron chi connectivity index (χ1n) is 10.6. The molecule has 158 valence electrons. The second-order valence-electron chi connectivity index (χ2n) is 8.20. The maximum absolute atomic E-state index is 6.30. The van der Waals surface area contributed by atoms with E-state index in [2.05, 4.69) is 27.0 Å². The zero-order valence-corrected chi connectivity index (χ0v) is 17.6. The van der Waals surface area contributed by atoms with Gasteiger partial charge in [-0.1, -0.05) is 6.07 Å². The van der Waals surface area contributed by atoms with E-state index in [1.807, 2.05) is 42.2 Å². The average molecular weight is 415 g/mol. The Labute approximate surface area is 181 Å². The third kappa shape index (κ3) is 3.65. The molecule has 4 N–H and O–H groups in total. The Morgan fingerprint density at radius 3 is 2.42 bits per heavy atom. The average Bonchev–Trinajstić information content (AvgIpc) is 3.16. The number of hydrogen-bond acceptors (Lipinski definition) is 7. The fraction of sp³-hybridized carbons (Fsp3) is 0.304. The van der Waals surface area contributed by atoms with Gasteiger partial charge in [0.25, 0.3) is 0 Å². The van der Waals surface area contributed by atoms with Gasteiger partial charge >= 0.3 is 0 Å². The van der Waals surface area contributed by atoms with Gasteiger partial charge in [0, 0.05) is 49.5 Å². The molecule has 31 heavy (non-hydrogen) atoms. The fourth-order valence-electron chi connectivity index (χ4n) is 4.41. The van der Waals surface area contributed by atoms with Crippen LogP contribution in [0.1, 0.15) is 18.4 Å². The van der Waals surface area contributed by atoms with Crippen molar-refractivity contribution in [3.8, 4) is 11.3 Å². The topological polar surface area (TPSA) is 112 Å². The van der Waals surface area contributed by atoms with E-state index in [-0.39, 0.29) is 0 Å². The zero-order valence-electron chi connectivity index (χ0n) is 17.6. The highest BCUT2D eigenvalue weighted by Gasteiger charge is 2.24. The van der Waals surface area contributed by atoms with Crippen molar-refractivity contribution in [2.75, 3.05) is 29.5 Å². The number of aromatic nitrogens is 5. The summed E-state index contributed by atoms with van der Waals surface area (Å²) in [5.41, 5.74) is 18.1. The number of rotatable bonds is 4. The van der Waals surface area contributed by atoms with Crippen LogP contribution in [0.2, 0.25) is 0 Å². The summed E-state index contributed by atoms with van der Waals surface area (Å²) >= 11 is 0. The van der Waals surface area contributed by atoms with Crippen molar-refractivity contribution in [1.82, 2.24) is 24.5 Å². The lowest BCUT2D eigenvalue weighted by Gasteiger charge is -2.32. The van der Waals surface area contributed by atoms with Gasteiger partial charge in [0.15, 0.2) is 5.65 Å². The number of nitrogen functional groups attached to an aromatic ring is 2. The molecule has 1 saturated heterocycles. The van der Waals surface area contributed by atoms with Gasteiger partial charge in [-0.15, -0.1) is 0 Å². The molecule has 1 fully saturated rings. The molecule has 0 saturated carbocycles. The van der Waals surface area contributed by atoms with Crippen LogP contribution in [-0.4, -0.2) is 37.6 Å². The van der Waals surface area contributed by atoms with E-state index >= 15 is 0 Å². The van der Waals surface area contributed by atoms with Crippen LogP contribution in [0.3, 0.4) is 0 Å². The molecule has 0 atom stereocenters. The smallest absolute Gasteiger partial charge is 0.228 e. The third-order valence-electron chi connectivity index (χ3n) is 6.10. The van der Waals surface area contributed by atoms with E-state index in [0.717, 1.165) is 49.1 Å². The van der Waals surface area contributed by atoms with Gasteiger partial charge < -0.3 is 20.9 Å². The van der Waals surface area contributed by atoms with Crippen LogP contribution in [0.25, 0.3) is 22.4 Å². The Bertz CT molecular complexity index is 1190. The van der Waals surface area contributed by atoms with Gasteiger partial charge in [-0.3, -0.25) is 4.98 Å². The number of aryl methyl sites for hydroxylation is 1. The molecule has 1 aromatic carbocycles. The SMILES string of the molecule is Cn1cnc2nc(N3CCC(Cc4ccncc4)CC3)nc(-c3c(N)cccc3N)c21. The van der Waals surface area contributed by atoms with Crippen LogP contribution in [0, 0.1) is 5.92 Å². The molecule has 0 spiro atoms. The maximum Gasteiger partial charge on any atom is 0.228 e. The van der Waals surface area contributed by atoms with Crippen LogP contribution in [-0.2, 0) is 13.5 Å². The first-order valence-corrected chi connectivity index (χ1v) is 10.6. The maximum atomic E-state index is 6.30. The van der Waals surface area contributed by atoms with E-state index in [4.69, 9.17) is 21.4 Å². The molecule has 8 nitrogen and oxygen atoms in total. The van der Waals surface area contributed by atoms with Crippen molar-refractivity contribution in [1.29, 1.82) is 0 Å². The Hall–Kier alpha value is -3.68. The minimum absolute atomic E-state index is 0.600. The molecule has 0 unspecified atom stereocenters. The number of imidazole rings is 1. The Balaban J connectivity index is 1.45. The summed E-state index contributed by atoms with van der Waals surface area (Å²) < 4.78 is 1.92. The Morgan fingerprint density at radius 2 is 1.71 bits per heavy atom. The molecule has 5 rings (SSSR count). The van der Waals surface area contributed by atoms with E-state index in [0.29, 0.717) is 28.9 Å². The Morgan fingerprint density at radius 1 is 1.00 bits per heavy atom. The van der Waals surface area contributed by atoms with Crippen molar-refractivity contribution >= 4 is 28.5 Å². The molecular weight excluding hydrogens is 388 g/mol. The fourth-order valence-corrected chi connectivity index (χ4v) is 4.41. The highest BCUT2D eigenvalue weighted by molar-refractivity contribution is 5.97. The number of pyridine rings is 1. The predicted molar refractivity (Wildman–Crippen MR) is 123 cm³/mol. The monoisotopic (exact) mass is 414 g/mol. The molecule has 0 radical (unpaired) electrons. The zero-order chi connectivity index (χ0) is 21.4. The summed E-state index contributed by atoms with van der Waals surface area (Å²) in [6, 6.07) is 9.75. The van der Waals surface area contributed by atoms with Gasteiger partial charge in [0.05, 0.1) is 6.33 Å². The van der Waals surface area contributed by atoms with Crippen molar-refractivity contribution in [2.45, 2.75) is 19.3 Å². The molecule has 0 aliphatic carbocycles. The first kappa shape index (κ1) is 19.3. The summed E-state index contributed by atoms with van der Waals surface area (Å²) in [5.74, 6) is 1.34. The standard InChI is InChI=1S/C23H26N8/c1-30-14-27-22-21(30)20(19-17(24)3-2-4-18(19)25)28-23(29-22)31-11-7-16(8-12-31)13-15-5-9-26-10-6-15/h2-6,9-10,14,16H,7-8,11-13,24-25H2,1H3. The molecule has 3 aromatic heterocycles. The number of anilines is 3. The summed E-state index contributed by atoms with van der Waals surface area (Å²) in [5, 5.41) is 0. The molecule has 0 amide bonds. The van der Waals surface area contributed by atoms with Crippen molar-refractivity contribution in [3.63, 3.8) is 0 Å². The molecule has 0 bridgehead atoms. The number of hydrogen-bond donors (Lipinski definition) is 2. The van der Waals surface area contributed by atoms with Crippen LogP contribution in [0.15, 0.2) is 49.1 Å². The molecule has 1 aliphatic heterocycles. The quantitative estimate of drug-likeness (QED) is 0.494. The number of nitrogens with two attached hydrogens (primary N) is 2. The van der Waals surface area contributed by atoms with Crippen molar-refractivity contribution in [2.24, 2.45) is 13.0 Å². The highest BCUT2D eigenvalue weighted by atomic mass is 15.3. The molecule has 8 heteroatoms. The largest absolute Gasteiger partial charge is 0.398 e. The number of benzene rings is 1. The first-order chi connectivity index (χ1) is 15.1. The van der Waals surface area contributed by atoms with E-state index < -0.39 is 0 Å². The summed E-state index contributed by atoms with van der Waals surface area (Å²) in [6.45, 7) is 1.82. The molecular formula is C23H26N8. The number of piperidine rings is 1. The van der Waals surface area contributed by atoms with Crippen LogP contribution in [0.5, 0.6) is 0 Å². The molecule has 4 aromatic rings. The normalized spacial score (nSPS) is 14.9. The second-order valence-corrected chi connectivity index (χ2v) is 8.20. The van der Waals surface area contributed by atoms with Crippen molar-refractivity contribution in [3.05, 3.63) is 54.6 Å². The van der Waals surface area contributed by atoms with Gasteiger partial charge in [-0.25, -0.2) is 9.97 Å². The van der Waals surface area contributed by atoms with E-state index in [9.17, 15) is 0 Å². The summed E-state index contributed by atoms with van der Waals surface area (Å²) in [7, 11) is 1.93. The minimum atomic E-state index is 0.600. The summed E-state index contributed by atoms with van der Waals surface area (Å²) in [6.07, 6.45) is 8.75. The molecule has 1 aliphatic rings. The van der Waals surface area contributed by atoms with Crippen LogP contribution < -0.4 is 16.4 Å². The minimum Gasteiger partial charge on any atom is -0.398 e. The van der Waals surface area contributed by atoms with Crippen LogP contribution in [0.4, 0.5) is 17.3 Å². The second kappa shape index (κ2) is 7.86. The van der Waals surface area contributed by atoms with Crippen molar-refractivity contribution < 1.29 is 0 Å². The molecule has 4 heterocycles.